The van der Waals surface area contributed by atoms with Gasteiger partial charge in [-0.1, -0.05) is 89.5 Å². The van der Waals surface area contributed by atoms with Gasteiger partial charge in [-0.05, 0) is 56.8 Å². The van der Waals surface area contributed by atoms with Gasteiger partial charge in [0.25, 0.3) is 0 Å². The van der Waals surface area contributed by atoms with E-state index in [4.69, 9.17) is 0 Å². The average molecular weight is 356 g/mol. The van der Waals surface area contributed by atoms with Crippen molar-refractivity contribution < 1.29 is 0 Å². The molecule has 1 heterocycles. The Labute approximate surface area is 163 Å². The largest absolute Gasteiger partial charge is 0.312 e. The van der Waals surface area contributed by atoms with Crippen molar-refractivity contribution in [3.05, 3.63) is 106 Å². The quantitative estimate of drug-likeness (QED) is 0.592. The topological polar surface area (TPSA) is 12.0 Å². The van der Waals surface area contributed by atoms with Gasteiger partial charge >= 0.3 is 0 Å². The molecular weight excluding hydrogens is 326 g/mol. The normalized spacial score (nSPS) is 17.2. The van der Waals surface area contributed by atoms with Gasteiger partial charge in [0.2, 0.25) is 0 Å². The van der Waals surface area contributed by atoms with Crippen molar-refractivity contribution in [3.63, 3.8) is 0 Å². The van der Waals surface area contributed by atoms with Crippen LogP contribution in [0, 0.1) is 20.8 Å². The zero-order valence-electron chi connectivity index (χ0n) is 16.6. The summed E-state index contributed by atoms with van der Waals surface area (Å²) in [7, 11) is 0. The zero-order chi connectivity index (χ0) is 18.9. The van der Waals surface area contributed by atoms with E-state index in [0.717, 1.165) is 6.54 Å². The number of aryl methyl sites for hydroxylation is 3. The molecule has 0 aliphatic carbocycles. The van der Waals surface area contributed by atoms with Crippen molar-refractivity contribution in [1.29, 1.82) is 0 Å². The second-order valence-corrected chi connectivity index (χ2v) is 8.07. The van der Waals surface area contributed by atoms with E-state index in [0.29, 0.717) is 6.04 Å². The first-order valence-electron chi connectivity index (χ1n) is 10.1. The summed E-state index contributed by atoms with van der Waals surface area (Å²) in [5.74, 6) is 0. The van der Waals surface area contributed by atoms with Gasteiger partial charge < -0.3 is 5.32 Å². The summed E-state index contributed by atoms with van der Waals surface area (Å²) in [5.41, 5.74) is 7.93. The summed E-state index contributed by atoms with van der Waals surface area (Å²) < 4.78 is 0. The molecule has 0 aromatic heterocycles. The fourth-order valence-corrected chi connectivity index (χ4v) is 4.83. The number of hydrogen-bond donors (Lipinski definition) is 1. The van der Waals surface area contributed by atoms with Crippen molar-refractivity contribution in [1.82, 2.24) is 5.32 Å². The first-order chi connectivity index (χ1) is 13.1. The van der Waals surface area contributed by atoms with Crippen LogP contribution in [0.1, 0.15) is 46.2 Å². The maximum atomic E-state index is 3.85. The SMILES string of the molecule is Cc1cccc(C(c2cccc(C)c2)(c2cccc(C)c2)C2CCCN2)c1. The summed E-state index contributed by atoms with van der Waals surface area (Å²) >= 11 is 0. The second-order valence-electron chi connectivity index (χ2n) is 8.07. The van der Waals surface area contributed by atoms with Gasteiger partial charge in [-0.25, -0.2) is 0 Å². The van der Waals surface area contributed by atoms with Crippen LogP contribution in [0.2, 0.25) is 0 Å². The Kier molecular flexibility index (Phi) is 4.88. The molecule has 1 saturated heterocycles. The molecule has 3 aromatic rings. The molecule has 0 spiro atoms. The lowest BCUT2D eigenvalue weighted by Gasteiger charge is -2.42. The van der Waals surface area contributed by atoms with Gasteiger partial charge in [-0.15, -0.1) is 0 Å². The Hall–Kier alpha value is -2.38. The summed E-state index contributed by atoms with van der Waals surface area (Å²) in [5, 5.41) is 3.85. The molecule has 4 rings (SSSR count). The van der Waals surface area contributed by atoms with Crippen LogP contribution in [0.3, 0.4) is 0 Å². The predicted molar refractivity (Wildman–Crippen MR) is 114 cm³/mol. The van der Waals surface area contributed by atoms with Crippen molar-refractivity contribution in [2.45, 2.75) is 45.1 Å². The highest BCUT2D eigenvalue weighted by Gasteiger charge is 2.44. The highest BCUT2D eigenvalue weighted by molar-refractivity contribution is 5.54. The van der Waals surface area contributed by atoms with Crippen LogP contribution in [0.5, 0.6) is 0 Å². The minimum Gasteiger partial charge on any atom is -0.312 e. The molecule has 1 unspecified atom stereocenters. The van der Waals surface area contributed by atoms with E-state index < -0.39 is 0 Å². The molecule has 1 aliphatic rings. The molecule has 0 amide bonds. The third kappa shape index (κ3) is 3.21. The number of benzene rings is 3. The first kappa shape index (κ1) is 18.0. The molecular formula is C26H29N. The van der Waals surface area contributed by atoms with Crippen LogP contribution in [0.15, 0.2) is 72.8 Å². The average Bonchev–Trinajstić information content (AvgIpc) is 3.18. The molecule has 1 N–H and O–H groups in total. The van der Waals surface area contributed by atoms with E-state index in [2.05, 4.69) is 98.9 Å². The van der Waals surface area contributed by atoms with Gasteiger partial charge in [0, 0.05) is 6.04 Å². The molecule has 1 aliphatic heterocycles. The Morgan fingerprint density at radius 1 is 0.704 bits per heavy atom. The summed E-state index contributed by atoms with van der Waals surface area (Å²) in [6.07, 6.45) is 2.42. The van der Waals surface area contributed by atoms with Gasteiger partial charge in [-0.2, -0.15) is 0 Å². The maximum Gasteiger partial charge on any atom is 0.0604 e. The van der Waals surface area contributed by atoms with Crippen LogP contribution >= 0.6 is 0 Å². The van der Waals surface area contributed by atoms with Crippen molar-refractivity contribution in [2.24, 2.45) is 0 Å². The molecule has 1 atom stereocenters. The van der Waals surface area contributed by atoms with Gasteiger partial charge in [-0.3, -0.25) is 0 Å². The Bertz CT molecular complexity index is 823. The van der Waals surface area contributed by atoms with E-state index in [1.807, 2.05) is 0 Å². The molecule has 0 radical (unpaired) electrons. The standard InChI is InChI=1S/C26H29N/c1-19-8-4-11-22(16-19)26(25-14-7-15-27-25,23-12-5-9-20(2)17-23)24-13-6-10-21(3)18-24/h4-6,8-13,16-18,25,27H,7,14-15H2,1-3H3. The van der Waals surface area contributed by atoms with Crippen LogP contribution in [-0.2, 0) is 5.41 Å². The van der Waals surface area contributed by atoms with Crippen molar-refractivity contribution in [2.75, 3.05) is 6.54 Å². The van der Waals surface area contributed by atoms with Crippen LogP contribution in [0.25, 0.3) is 0 Å². The fourth-order valence-electron chi connectivity index (χ4n) is 4.83. The number of hydrogen-bond acceptors (Lipinski definition) is 1. The molecule has 1 fully saturated rings. The van der Waals surface area contributed by atoms with E-state index in [1.165, 1.54) is 46.2 Å². The minimum absolute atomic E-state index is 0.180. The maximum absolute atomic E-state index is 3.85. The van der Waals surface area contributed by atoms with Gasteiger partial charge in [0.15, 0.2) is 0 Å². The summed E-state index contributed by atoms with van der Waals surface area (Å²) in [6.45, 7) is 7.68. The molecule has 1 heteroatoms. The van der Waals surface area contributed by atoms with E-state index >= 15 is 0 Å². The highest BCUT2D eigenvalue weighted by atomic mass is 15.0. The fraction of sp³-hybridized carbons (Fsp3) is 0.308. The summed E-state index contributed by atoms with van der Waals surface area (Å²) in [6, 6.07) is 27.7. The van der Waals surface area contributed by atoms with Gasteiger partial charge in [0.05, 0.1) is 5.41 Å². The molecule has 1 nitrogen and oxygen atoms in total. The molecule has 3 aromatic carbocycles. The van der Waals surface area contributed by atoms with Crippen molar-refractivity contribution in [3.8, 4) is 0 Å². The van der Waals surface area contributed by atoms with E-state index in [9.17, 15) is 0 Å². The lowest BCUT2D eigenvalue weighted by Crippen LogP contribution is -2.47. The van der Waals surface area contributed by atoms with Crippen LogP contribution in [-0.4, -0.2) is 12.6 Å². The first-order valence-corrected chi connectivity index (χ1v) is 10.1. The van der Waals surface area contributed by atoms with Gasteiger partial charge in [0.1, 0.15) is 0 Å². The summed E-state index contributed by atoms with van der Waals surface area (Å²) in [4.78, 5) is 0. The molecule has 27 heavy (non-hydrogen) atoms. The molecule has 0 saturated carbocycles. The number of rotatable bonds is 4. The minimum atomic E-state index is -0.180. The lowest BCUT2D eigenvalue weighted by molar-refractivity contribution is 0.435. The monoisotopic (exact) mass is 355 g/mol. The molecule has 138 valence electrons. The molecule has 0 bridgehead atoms. The highest BCUT2D eigenvalue weighted by Crippen LogP contribution is 2.45. The van der Waals surface area contributed by atoms with Crippen LogP contribution < -0.4 is 5.32 Å². The van der Waals surface area contributed by atoms with Crippen LogP contribution in [0.4, 0.5) is 0 Å². The number of nitrogens with one attached hydrogen (secondary N) is 1. The smallest absolute Gasteiger partial charge is 0.0604 e. The third-order valence-corrected chi connectivity index (χ3v) is 6.00. The Balaban J connectivity index is 2.08. The zero-order valence-corrected chi connectivity index (χ0v) is 16.6. The third-order valence-electron chi connectivity index (χ3n) is 6.00. The predicted octanol–water partition coefficient (Wildman–Crippen LogP) is 5.70. The Morgan fingerprint density at radius 3 is 1.48 bits per heavy atom. The second kappa shape index (κ2) is 7.32. The van der Waals surface area contributed by atoms with Crippen molar-refractivity contribution >= 4 is 0 Å². The lowest BCUT2D eigenvalue weighted by atomic mass is 9.63. The Morgan fingerprint density at radius 2 is 1.15 bits per heavy atom. The van der Waals surface area contributed by atoms with E-state index in [-0.39, 0.29) is 5.41 Å². The van der Waals surface area contributed by atoms with E-state index in [1.54, 1.807) is 0 Å².